The maximum Gasteiger partial charge on any atom is 0.453 e. The molecule has 0 spiro atoms. The van der Waals surface area contributed by atoms with Crippen LogP contribution < -0.4 is 0 Å². The summed E-state index contributed by atoms with van der Waals surface area (Å²) in [5.74, 6) is -39.9. The van der Waals surface area contributed by atoms with Gasteiger partial charge in [0.05, 0.1) is 12.8 Å². The van der Waals surface area contributed by atoms with Gasteiger partial charge in [-0.2, -0.15) is 57.1 Å². The van der Waals surface area contributed by atoms with E-state index < -0.39 is 67.4 Å². The van der Waals surface area contributed by atoms with Gasteiger partial charge in [0.1, 0.15) is 0 Å². The maximum absolute atomic E-state index is 13.3. The first-order valence-electron chi connectivity index (χ1n) is 6.81. The van der Waals surface area contributed by atoms with Crippen LogP contribution >= 0.6 is 0 Å². The van der Waals surface area contributed by atoms with Crippen LogP contribution in [0.15, 0.2) is 0 Å². The van der Waals surface area contributed by atoms with E-state index in [0.29, 0.717) is 0 Å². The molecule has 0 saturated carbocycles. The van der Waals surface area contributed by atoms with Crippen molar-refractivity contribution in [3.63, 3.8) is 0 Å². The molecule has 0 unspecified atom stereocenters. The molecule has 0 radical (unpaired) electrons. The summed E-state index contributed by atoms with van der Waals surface area (Å²) in [4.78, 5) is 0. The lowest BCUT2D eigenvalue weighted by molar-refractivity contribution is -0.389. The lowest BCUT2D eigenvalue weighted by Gasteiger charge is -2.38. The molecule has 0 aromatic rings. The van der Waals surface area contributed by atoms with Crippen LogP contribution in [0.4, 0.5) is 65.9 Å². The van der Waals surface area contributed by atoms with Gasteiger partial charge in [0.15, 0.2) is 0 Å². The van der Waals surface area contributed by atoms with Crippen LogP contribution in [0.25, 0.3) is 0 Å². The zero-order chi connectivity index (χ0) is 22.3. The second kappa shape index (κ2) is 7.08. The smallest absolute Gasteiger partial charge is 0.207 e. The molecule has 0 heterocycles. The van der Waals surface area contributed by atoms with Crippen LogP contribution in [0.1, 0.15) is 32.6 Å². The third kappa shape index (κ3) is 5.06. The summed E-state index contributed by atoms with van der Waals surface area (Å²) in [6.07, 6.45) is -16.7. The van der Waals surface area contributed by atoms with E-state index in [-0.39, 0.29) is 0 Å². The van der Waals surface area contributed by atoms with Gasteiger partial charge in [-0.1, -0.05) is 13.3 Å². The predicted octanol–water partition coefficient (Wildman–Crippen LogP) is 6.94. The van der Waals surface area contributed by atoms with Crippen molar-refractivity contribution in [1.29, 1.82) is 0 Å². The van der Waals surface area contributed by atoms with Crippen molar-refractivity contribution in [1.82, 2.24) is 0 Å². The molecule has 0 rings (SSSR count). The summed E-state index contributed by atoms with van der Waals surface area (Å²) in [6.45, 7) is 0.951. The van der Waals surface area contributed by atoms with Crippen molar-refractivity contribution in [3.8, 4) is 0 Å². The summed E-state index contributed by atoms with van der Waals surface area (Å²) in [5, 5.41) is 0. The van der Waals surface area contributed by atoms with Crippen molar-refractivity contribution in [2.24, 2.45) is 0 Å². The molecule has 0 aliphatic rings. The van der Waals surface area contributed by atoms with Gasteiger partial charge in [-0.3, -0.25) is 0 Å². The lowest BCUT2D eigenvalue weighted by Crippen LogP contribution is -2.64. The number of hydrogen-bond donors (Lipinski definition) is 0. The minimum atomic E-state index is -7.51. The zero-order valence-corrected chi connectivity index (χ0v) is 13.0. The number of hydrogen-bond acceptors (Lipinski definition) is 0. The Hall–Kier alpha value is -1.05. The van der Waals surface area contributed by atoms with Crippen molar-refractivity contribution >= 4 is 0 Å². The average molecular weight is 440 g/mol. The first-order valence-corrected chi connectivity index (χ1v) is 6.81. The Balaban J connectivity index is 5.93. The first-order chi connectivity index (χ1) is 11.5. The highest BCUT2D eigenvalue weighted by Crippen LogP contribution is 2.58. The summed E-state index contributed by atoms with van der Waals surface area (Å²) in [6, 6.07) is 0. The van der Waals surface area contributed by atoms with Gasteiger partial charge < -0.3 is 0 Å². The largest absolute Gasteiger partial charge is 0.453 e. The molecule has 0 aliphatic heterocycles. The molecule has 0 nitrogen and oxygen atoms in total. The van der Waals surface area contributed by atoms with Gasteiger partial charge in [-0.15, -0.1) is 0 Å². The van der Waals surface area contributed by atoms with E-state index in [1.54, 1.807) is 0 Å². The van der Waals surface area contributed by atoms with Crippen molar-refractivity contribution in [3.05, 3.63) is 0 Å². The normalized spacial score (nSPS) is 16.0. The third-order valence-electron chi connectivity index (χ3n) is 3.27. The van der Waals surface area contributed by atoms with Gasteiger partial charge in [0, 0.05) is 6.42 Å². The fraction of sp³-hybridized carbons (Fsp3) is 1.00. The van der Waals surface area contributed by atoms with Crippen LogP contribution in [0.2, 0.25) is 0 Å². The van der Waals surface area contributed by atoms with Crippen LogP contribution in [0.5, 0.6) is 0 Å². The maximum atomic E-state index is 13.3. The monoisotopic (exact) mass is 440 g/mol. The molecule has 0 bridgehead atoms. The van der Waals surface area contributed by atoms with Gasteiger partial charge >= 0.3 is 35.8 Å². The van der Waals surface area contributed by atoms with E-state index in [4.69, 9.17) is 0 Å². The number of halogens is 15. The quantitative estimate of drug-likeness (QED) is 0.341. The SMILES string of the molecule is CCCC(F)(F)CC(F)(F)C(F)(F)C(F)(F)C(F)(F)CC(F)(F)C(F)(F)F. The van der Waals surface area contributed by atoms with E-state index in [1.165, 1.54) is 0 Å². The van der Waals surface area contributed by atoms with E-state index in [9.17, 15) is 65.9 Å². The van der Waals surface area contributed by atoms with Crippen molar-refractivity contribution in [2.75, 3.05) is 0 Å². The molecule has 0 aromatic heterocycles. The Bertz CT molecular complexity index is 501. The van der Waals surface area contributed by atoms with Gasteiger partial charge in [0.25, 0.3) is 5.92 Å². The molecule has 0 N–H and O–H groups in total. The lowest BCUT2D eigenvalue weighted by atomic mass is 9.91. The summed E-state index contributed by atoms with van der Waals surface area (Å²) >= 11 is 0. The highest BCUT2D eigenvalue weighted by atomic mass is 19.4. The molecule has 0 saturated heterocycles. The molecule has 0 aliphatic carbocycles. The van der Waals surface area contributed by atoms with E-state index in [2.05, 4.69) is 0 Å². The molecule has 164 valence electrons. The topological polar surface area (TPSA) is 0 Å². The zero-order valence-electron chi connectivity index (χ0n) is 13.0. The third-order valence-corrected chi connectivity index (χ3v) is 3.27. The van der Waals surface area contributed by atoms with Gasteiger partial charge in [-0.05, 0) is 0 Å². The fourth-order valence-electron chi connectivity index (χ4n) is 1.84. The molecule has 0 amide bonds. The van der Waals surface area contributed by atoms with Crippen LogP contribution in [-0.4, -0.2) is 41.7 Å². The Labute approximate surface area is 141 Å². The van der Waals surface area contributed by atoms with Crippen molar-refractivity contribution < 1.29 is 65.9 Å². The second-order valence-electron chi connectivity index (χ2n) is 5.72. The number of rotatable bonds is 9. The van der Waals surface area contributed by atoms with Gasteiger partial charge in [-0.25, -0.2) is 8.78 Å². The van der Waals surface area contributed by atoms with Crippen LogP contribution in [0.3, 0.4) is 0 Å². The van der Waals surface area contributed by atoms with E-state index in [1.807, 2.05) is 0 Å². The Morgan fingerprint density at radius 1 is 0.481 bits per heavy atom. The molecule has 0 atom stereocenters. The average Bonchev–Trinajstić information content (AvgIpc) is 2.33. The summed E-state index contributed by atoms with van der Waals surface area (Å²) in [5.41, 5.74) is 0. The molecular formula is C12H11F15. The first kappa shape index (κ1) is 26.0. The number of alkyl halides is 15. The van der Waals surface area contributed by atoms with E-state index >= 15 is 0 Å². The highest BCUT2D eigenvalue weighted by molar-refractivity contribution is 5.06. The standard InChI is InChI=1S/C12H11F15/c1-2-3-6(13,14)4-7(15,16)10(21,22)11(23,24)8(17,18)5-9(19,20)12(25,26)27/h2-5H2,1H3. The van der Waals surface area contributed by atoms with Crippen LogP contribution in [0, 0.1) is 0 Å². The Kier molecular flexibility index (Phi) is 6.81. The Morgan fingerprint density at radius 3 is 1.11 bits per heavy atom. The molecule has 0 fully saturated rings. The summed E-state index contributed by atoms with van der Waals surface area (Å²) < 4.78 is 192. The highest BCUT2D eigenvalue weighted by Gasteiger charge is 2.82. The molecule has 0 aromatic carbocycles. The molecular weight excluding hydrogens is 429 g/mol. The van der Waals surface area contributed by atoms with Crippen molar-refractivity contribution in [2.45, 2.75) is 74.3 Å². The minimum Gasteiger partial charge on any atom is -0.207 e. The van der Waals surface area contributed by atoms with Crippen LogP contribution in [-0.2, 0) is 0 Å². The predicted molar refractivity (Wildman–Crippen MR) is 59.9 cm³/mol. The van der Waals surface area contributed by atoms with Gasteiger partial charge in [0.2, 0.25) is 0 Å². The Morgan fingerprint density at radius 2 is 0.815 bits per heavy atom. The molecule has 15 heteroatoms. The summed E-state index contributed by atoms with van der Waals surface area (Å²) in [7, 11) is 0. The molecule has 27 heavy (non-hydrogen) atoms. The minimum absolute atomic E-state index is 0.612. The fourth-order valence-corrected chi connectivity index (χ4v) is 1.84. The van der Waals surface area contributed by atoms with E-state index in [0.717, 1.165) is 6.92 Å². The second-order valence-corrected chi connectivity index (χ2v) is 5.72.